The molecule has 0 aliphatic carbocycles. The van der Waals surface area contributed by atoms with Gasteiger partial charge in [-0.1, -0.05) is 46.5 Å². The predicted molar refractivity (Wildman–Crippen MR) is 89.1 cm³/mol. The van der Waals surface area contributed by atoms with Gasteiger partial charge in [0.2, 0.25) is 5.91 Å². The summed E-state index contributed by atoms with van der Waals surface area (Å²) in [4.78, 5) is 16.3. The summed E-state index contributed by atoms with van der Waals surface area (Å²) in [6.45, 7) is 6.44. The zero-order chi connectivity index (χ0) is 15.9. The standard InChI is InChI=1S/C17H26N4O/c1-4-5-6-7-8-9-16(22)20-17-15-11-10-14(13(2)3)21(15)19-12-18-17/h10-13H,4-9H2,1-3H3,(H,18,19,20,22). The second kappa shape index (κ2) is 7.92. The molecule has 0 aromatic carbocycles. The Hall–Kier alpha value is -1.91. The van der Waals surface area contributed by atoms with Gasteiger partial charge in [0.15, 0.2) is 5.82 Å². The van der Waals surface area contributed by atoms with Crippen LogP contribution in [0.25, 0.3) is 5.52 Å². The van der Waals surface area contributed by atoms with Crippen LogP contribution in [0.15, 0.2) is 18.5 Å². The second-order valence-corrected chi connectivity index (χ2v) is 6.03. The van der Waals surface area contributed by atoms with E-state index in [2.05, 4.69) is 36.2 Å². The van der Waals surface area contributed by atoms with Gasteiger partial charge in [0.25, 0.3) is 0 Å². The first kappa shape index (κ1) is 16.5. The average molecular weight is 302 g/mol. The third-order valence-corrected chi connectivity index (χ3v) is 3.84. The van der Waals surface area contributed by atoms with Crippen molar-refractivity contribution in [1.29, 1.82) is 0 Å². The SMILES string of the molecule is CCCCCCCC(=O)Nc1ncnn2c(C(C)C)ccc12. The smallest absolute Gasteiger partial charge is 0.225 e. The number of fused-ring (bicyclic) bond motifs is 1. The molecule has 22 heavy (non-hydrogen) atoms. The molecule has 1 N–H and O–H groups in total. The molecular formula is C17H26N4O. The van der Waals surface area contributed by atoms with Crippen LogP contribution in [-0.4, -0.2) is 20.5 Å². The van der Waals surface area contributed by atoms with E-state index >= 15 is 0 Å². The molecule has 0 radical (unpaired) electrons. The monoisotopic (exact) mass is 302 g/mol. The van der Waals surface area contributed by atoms with Gasteiger partial charge in [0.05, 0.1) is 0 Å². The van der Waals surface area contributed by atoms with Gasteiger partial charge in [0.1, 0.15) is 11.8 Å². The lowest BCUT2D eigenvalue weighted by Gasteiger charge is -2.08. The van der Waals surface area contributed by atoms with Crippen molar-refractivity contribution in [2.24, 2.45) is 0 Å². The highest BCUT2D eigenvalue weighted by Gasteiger charge is 2.12. The largest absolute Gasteiger partial charge is 0.309 e. The number of nitrogens with one attached hydrogen (secondary N) is 1. The van der Waals surface area contributed by atoms with Crippen molar-refractivity contribution in [3.8, 4) is 0 Å². The minimum atomic E-state index is 0.0318. The Bertz CT molecular complexity index is 618. The summed E-state index contributed by atoms with van der Waals surface area (Å²) in [7, 11) is 0. The van der Waals surface area contributed by atoms with Crippen molar-refractivity contribution >= 4 is 17.2 Å². The van der Waals surface area contributed by atoms with Gasteiger partial charge >= 0.3 is 0 Å². The van der Waals surface area contributed by atoms with Gasteiger partial charge < -0.3 is 5.32 Å². The molecule has 2 aromatic heterocycles. The summed E-state index contributed by atoms with van der Waals surface area (Å²) in [5.74, 6) is 1.00. The van der Waals surface area contributed by atoms with Crippen LogP contribution in [-0.2, 0) is 4.79 Å². The first-order chi connectivity index (χ1) is 10.6. The highest BCUT2D eigenvalue weighted by molar-refractivity contribution is 5.93. The zero-order valence-corrected chi connectivity index (χ0v) is 13.8. The molecule has 2 aromatic rings. The topological polar surface area (TPSA) is 59.3 Å². The van der Waals surface area contributed by atoms with E-state index in [4.69, 9.17) is 0 Å². The number of amides is 1. The Kier molecular flexibility index (Phi) is 5.92. The maximum Gasteiger partial charge on any atom is 0.225 e. The van der Waals surface area contributed by atoms with E-state index in [1.807, 2.05) is 16.6 Å². The Morgan fingerprint density at radius 3 is 2.73 bits per heavy atom. The number of hydrogen-bond donors (Lipinski definition) is 1. The van der Waals surface area contributed by atoms with Gasteiger partial charge in [-0.05, 0) is 24.5 Å². The number of carbonyl (C=O) groups is 1. The first-order valence-corrected chi connectivity index (χ1v) is 8.26. The highest BCUT2D eigenvalue weighted by atomic mass is 16.1. The van der Waals surface area contributed by atoms with E-state index in [-0.39, 0.29) is 5.91 Å². The lowest BCUT2D eigenvalue weighted by molar-refractivity contribution is -0.116. The molecule has 0 unspecified atom stereocenters. The van der Waals surface area contributed by atoms with Gasteiger partial charge in [-0.15, -0.1) is 0 Å². The minimum absolute atomic E-state index is 0.0318. The summed E-state index contributed by atoms with van der Waals surface area (Å²) in [5, 5.41) is 7.20. The number of nitrogens with zero attached hydrogens (tertiary/aromatic N) is 3. The summed E-state index contributed by atoms with van der Waals surface area (Å²) in [6, 6.07) is 4.00. The molecule has 120 valence electrons. The maximum atomic E-state index is 12.0. The van der Waals surface area contributed by atoms with Gasteiger partial charge in [0, 0.05) is 12.1 Å². The molecule has 2 heterocycles. The summed E-state index contributed by atoms with van der Waals surface area (Å²) in [6.07, 6.45) is 7.77. The number of unbranched alkanes of at least 4 members (excludes halogenated alkanes) is 4. The van der Waals surface area contributed by atoms with Crippen molar-refractivity contribution in [3.05, 3.63) is 24.2 Å². The lowest BCUT2D eigenvalue weighted by atomic mass is 10.1. The number of rotatable bonds is 8. The highest BCUT2D eigenvalue weighted by Crippen LogP contribution is 2.21. The van der Waals surface area contributed by atoms with Crippen LogP contribution < -0.4 is 5.32 Å². The molecule has 2 rings (SSSR count). The van der Waals surface area contributed by atoms with Gasteiger partial charge in [-0.25, -0.2) is 9.50 Å². The molecule has 0 spiro atoms. The number of aromatic nitrogens is 3. The molecule has 5 nitrogen and oxygen atoms in total. The second-order valence-electron chi connectivity index (χ2n) is 6.03. The van der Waals surface area contributed by atoms with E-state index < -0.39 is 0 Å². The van der Waals surface area contributed by atoms with E-state index in [9.17, 15) is 4.79 Å². The van der Waals surface area contributed by atoms with Crippen LogP contribution in [0.5, 0.6) is 0 Å². The van der Waals surface area contributed by atoms with E-state index in [1.54, 1.807) is 0 Å². The molecule has 0 aliphatic heterocycles. The molecule has 0 saturated carbocycles. The van der Waals surface area contributed by atoms with E-state index in [0.29, 0.717) is 18.2 Å². The van der Waals surface area contributed by atoms with Crippen molar-refractivity contribution in [2.45, 2.75) is 65.2 Å². The molecular weight excluding hydrogens is 276 g/mol. The number of carbonyl (C=O) groups excluding carboxylic acids is 1. The summed E-state index contributed by atoms with van der Waals surface area (Å²) >= 11 is 0. The Balaban J connectivity index is 1.98. The van der Waals surface area contributed by atoms with E-state index in [1.165, 1.54) is 25.6 Å². The third-order valence-electron chi connectivity index (χ3n) is 3.84. The van der Waals surface area contributed by atoms with Crippen molar-refractivity contribution in [2.75, 3.05) is 5.32 Å². The minimum Gasteiger partial charge on any atom is -0.309 e. The predicted octanol–water partition coefficient (Wildman–Crippen LogP) is 4.15. The van der Waals surface area contributed by atoms with Crippen molar-refractivity contribution in [1.82, 2.24) is 14.6 Å². The van der Waals surface area contributed by atoms with Gasteiger partial charge in [-0.3, -0.25) is 4.79 Å². The first-order valence-electron chi connectivity index (χ1n) is 8.26. The number of anilines is 1. The quantitative estimate of drug-likeness (QED) is 0.745. The Morgan fingerprint density at radius 2 is 2.00 bits per heavy atom. The summed E-state index contributed by atoms with van der Waals surface area (Å²) < 4.78 is 1.86. The number of hydrogen-bond acceptors (Lipinski definition) is 3. The van der Waals surface area contributed by atoms with Crippen LogP contribution in [0, 0.1) is 0 Å². The van der Waals surface area contributed by atoms with Crippen LogP contribution in [0.2, 0.25) is 0 Å². The van der Waals surface area contributed by atoms with Crippen LogP contribution >= 0.6 is 0 Å². The molecule has 0 atom stereocenters. The molecule has 5 heteroatoms. The van der Waals surface area contributed by atoms with Crippen LogP contribution in [0.1, 0.15) is 70.9 Å². The third kappa shape index (κ3) is 4.06. The normalized spacial score (nSPS) is 11.3. The van der Waals surface area contributed by atoms with Gasteiger partial charge in [-0.2, -0.15) is 5.10 Å². The summed E-state index contributed by atoms with van der Waals surface area (Å²) in [5.41, 5.74) is 1.97. The molecule has 0 saturated heterocycles. The molecule has 0 aliphatic rings. The fourth-order valence-electron chi connectivity index (χ4n) is 2.57. The Morgan fingerprint density at radius 1 is 1.23 bits per heavy atom. The Labute approximate surface area is 132 Å². The molecule has 1 amide bonds. The zero-order valence-electron chi connectivity index (χ0n) is 13.8. The van der Waals surface area contributed by atoms with E-state index in [0.717, 1.165) is 24.1 Å². The molecule has 0 fully saturated rings. The average Bonchev–Trinajstić information content (AvgIpc) is 2.92. The lowest BCUT2D eigenvalue weighted by Crippen LogP contribution is -2.14. The fourth-order valence-corrected chi connectivity index (χ4v) is 2.57. The molecule has 0 bridgehead atoms. The van der Waals surface area contributed by atoms with Crippen LogP contribution in [0.3, 0.4) is 0 Å². The maximum absolute atomic E-state index is 12.0. The fraction of sp³-hybridized carbons (Fsp3) is 0.588. The van der Waals surface area contributed by atoms with Crippen LogP contribution in [0.4, 0.5) is 5.82 Å². The van der Waals surface area contributed by atoms with Crippen molar-refractivity contribution in [3.63, 3.8) is 0 Å². The van der Waals surface area contributed by atoms with Crippen molar-refractivity contribution < 1.29 is 4.79 Å².